The van der Waals surface area contributed by atoms with Crippen LogP contribution in [0.5, 0.6) is 0 Å². The molecule has 0 aromatic carbocycles. The molecule has 0 amide bonds. The average molecular weight is 267 g/mol. The number of hydrogen-bond acceptors (Lipinski definition) is 5. The zero-order valence-electron chi connectivity index (χ0n) is 12.1. The SMILES string of the molecule is COC1(C(Cc2cn(C)nn2)NN)CCC(C)CC1. The van der Waals surface area contributed by atoms with Crippen molar-refractivity contribution in [1.29, 1.82) is 0 Å². The van der Waals surface area contributed by atoms with Gasteiger partial charge in [-0.3, -0.25) is 16.0 Å². The number of nitrogens with one attached hydrogen (secondary N) is 1. The lowest BCUT2D eigenvalue weighted by Gasteiger charge is -2.43. The summed E-state index contributed by atoms with van der Waals surface area (Å²) in [6.07, 6.45) is 7.13. The molecule has 6 nitrogen and oxygen atoms in total. The number of aromatic nitrogens is 3. The molecular weight excluding hydrogens is 242 g/mol. The Bertz CT molecular complexity index is 397. The molecule has 1 fully saturated rings. The smallest absolute Gasteiger partial charge is 0.0848 e. The number of aryl methyl sites for hydroxylation is 1. The number of ether oxygens (including phenoxy) is 1. The maximum atomic E-state index is 5.86. The minimum Gasteiger partial charge on any atom is -0.377 e. The van der Waals surface area contributed by atoms with Crippen LogP contribution < -0.4 is 11.3 Å². The van der Waals surface area contributed by atoms with E-state index in [2.05, 4.69) is 22.7 Å². The standard InChI is InChI=1S/C13H25N5O/c1-10-4-6-13(19-3,7-5-10)12(15-14)8-11-9-18(2)17-16-11/h9-10,12,15H,4-8,14H2,1-3H3. The molecule has 1 unspecified atom stereocenters. The molecule has 0 saturated heterocycles. The lowest BCUT2D eigenvalue weighted by Crippen LogP contribution is -2.57. The summed E-state index contributed by atoms with van der Waals surface area (Å²) in [5.74, 6) is 6.54. The van der Waals surface area contributed by atoms with Crippen LogP contribution in [0, 0.1) is 5.92 Å². The van der Waals surface area contributed by atoms with Crippen molar-refractivity contribution in [3.8, 4) is 0 Å². The number of methoxy groups -OCH3 is 1. The molecule has 6 heteroatoms. The van der Waals surface area contributed by atoms with Crippen LogP contribution in [-0.2, 0) is 18.2 Å². The average Bonchev–Trinajstić information content (AvgIpc) is 2.83. The Morgan fingerprint density at radius 3 is 2.74 bits per heavy atom. The third-order valence-electron chi connectivity index (χ3n) is 4.43. The van der Waals surface area contributed by atoms with Gasteiger partial charge < -0.3 is 4.74 Å². The molecule has 0 spiro atoms. The monoisotopic (exact) mass is 267 g/mol. The summed E-state index contributed by atoms with van der Waals surface area (Å²) >= 11 is 0. The van der Waals surface area contributed by atoms with E-state index in [0.717, 1.165) is 30.9 Å². The van der Waals surface area contributed by atoms with Crippen molar-refractivity contribution in [2.75, 3.05) is 7.11 Å². The van der Waals surface area contributed by atoms with Crippen LogP contribution in [0.4, 0.5) is 0 Å². The summed E-state index contributed by atoms with van der Waals surface area (Å²) < 4.78 is 7.58. The van der Waals surface area contributed by atoms with Crippen LogP contribution in [0.25, 0.3) is 0 Å². The third kappa shape index (κ3) is 3.13. The van der Waals surface area contributed by atoms with Gasteiger partial charge in [0.05, 0.1) is 17.3 Å². The predicted octanol–water partition coefficient (Wildman–Crippen LogP) is 0.785. The van der Waals surface area contributed by atoms with Crippen molar-refractivity contribution >= 4 is 0 Å². The highest BCUT2D eigenvalue weighted by Crippen LogP contribution is 2.37. The van der Waals surface area contributed by atoms with E-state index in [1.807, 2.05) is 13.2 Å². The van der Waals surface area contributed by atoms with Crippen molar-refractivity contribution in [2.45, 2.75) is 50.7 Å². The molecule has 1 saturated carbocycles. The third-order valence-corrected chi connectivity index (χ3v) is 4.43. The van der Waals surface area contributed by atoms with Gasteiger partial charge in [0.1, 0.15) is 0 Å². The Morgan fingerprint density at radius 2 is 2.26 bits per heavy atom. The zero-order chi connectivity index (χ0) is 13.9. The van der Waals surface area contributed by atoms with Gasteiger partial charge in [0, 0.05) is 26.8 Å². The van der Waals surface area contributed by atoms with E-state index in [1.165, 1.54) is 12.8 Å². The molecule has 2 rings (SSSR count). The van der Waals surface area contributed by atoms with E-state index in [0.29, 0.717) is 0 Å². The van der Waals surface area contributed by atoms with Gasteiger partial charge in [-0.2, -0.15) is 0 Å². The second-order valence-electron chi connectivity index (χ2n) is 5.76. The molecule has 19 heavy (non-hydrogen) atoms. The van der Waals surface area contributed by atoms with Gasteiger partial charge in [-0.05, 0) is 31.6 Å². The second kappa shape index (κ2) is 5.98. The van der Waals surface area contributed by atoms with Crippen molar-refractivity contribution < 1.29 is 4.74 Å². The van der Waals surface area contributed by atoms with Gasteiger partial charge in [0.25, 0.3) is 0 Å². The zero-order valence-corrected chi connectivity index (χ0v) is 12.1. The summed E-state index contributed by atoms with van der Waals surface area (Å²) in [6, 6.07) is 0.0710. The molecule has 1 atom stereocenters. The molecule has 1 aliphatic rings. The summed E-state index contributed by atoms with van der Waals surface area (Å²) in [6.45, 7) is 2.30. The second-order valence-corrected chi connectivity index (χ2v) is 5.76. The Morgan fingerprint density at radius 1 is 1.58 bits per heavy atom. The number of hydrazine groups is 1. The summed E-state index contributed by atoms with van der Waals surface area (Å²) in [4.78, 5) is 0. The highest BCUT2D eigenvalue weighted by molar-refractivity contribution is 5.04. The summed E-state index contributed by atoms with van der Waals surface area (Å²) in [5, 5.41) is 8.11. The first-order valence-electron chi connectivity index (χ1n) is 6.96. The molecule has 108 valence electrons. The number of nitrogens with zero attached hydrogens (tertiary/aromatic N) is 3. The van der Waals surface area contributed by atoms with E-state index < -0.39 is 0 Å². The molecule has 1 aromatic rings. The lowest BCUT2D eigenvalue weighted by atomic mass is 9.74. The van der Waals surface area contributed by atoms with Crippen LogP contribution in [0.2, 0.25) is 0 Å². The Hall–Kier alpha value is -0.980. The molecule has 1 heterocycles. The number of rotatable bonds is 5. The quantitative estimate of drug-likeness (QED) is 0.609. The van der Waals surface area contributed by atoms with Crippen molar-refractivity contribution in [2.24, 2.45) is 18.8 Å². The van der Waals surface area contributed by atoms with E-state index in [-0.39, 0.29) is 11.6 Å². The maximum Gasteiger partial charge on any atom is 0.0848 e. The Balaban J connectivity index is 2.10. The minimum absolute atomic E-state index is 0.0710. The Labute approximate surface area is 114 Å². The fourth-order valence-corrected chi connectivity index (χ4v) is 3.04. The largest absolute Gasteiger partial charge is 0.377 e. The lowest BCUT2D eigenvalue weighted by molar-refractivity contribution is -0.0748. The van der Waals surface area contributed by atoms with E-state index in [4.69, 9.17) is 10.6 Å². The van der Waals surface area contributed by atoms with E-state index >= 15 is 0 Å². The molecular formula is C13H25N5O. The maximum absolute atomic E-state index is 5.86. The van der Waals surface area contributed by atoms with Crippen LogP contribution >= 0.6 is 0 Å². The molecule has 1 aliphatic carbocycles. The van der Waals surface area contributed by atoms with Crippen LogP contribution in [0.3, 0.4) is 0 Å². The fraction of sp³-hybridized carbons (Fsp3) is 0.846. The predicted molar refractivity (Wildman–Crippen MR) is 73.2 cm³/mol. The van der Waals surface area contributed by atoms with Crippen molar-refractivity contribution in [3.05, 3.63) is 11.9 Å². The van der Waals surface area contributed by atoms with Gasteiger partial charge >= 0.3 is 0 Å². The highest BCUT2D eigenvalue weighted by atomic mass is 16.5. The first-order valence-corrected chi connectivity index (χ1v) is 6.96. The van der Waals surface area contributed by atoms with Gasteiger partial charge in [0.2, 0.25) is 0 Å². The topological polar surface area (TPSA) is 78.0 Å². The van der Waals surface area contributed by atoms with Crippen LogP contribution in [0.1, 0.15) is 38.3 Å². The van der Waals surface area contributed by atoms with Crippen LogP contribution in [-0.4, -0.2) is 33.7 Å². The van der Waals surface area contributed by atoms with Gasteiger partial charge in [-0.1, -0.05) is 12.1 Å². The molecule has 0 radical (unpaired) electrons. The molecule has 1 aromatic heterocycles. The van der Waals surface area contributed by atoms with E-state index in [1.54, 1.807) is 11.8 Å². The molecule has 0 bridgehead atoms. The Kier molecular flexibility index (Phi) is 4.54. The number of hydrogen-bond donors (Lipinski definition) is 2. The molecule has 3 N–H and O–H groups in total. The number of nitrogens with two attached hydrogens (primary N) is 1. The summed E-state index contributed by atoms with van der Waals surface area (Å²) in [7, 11) is 3.66. The van der Waals surface area contributed by atoms with Gasteiger partial charge in [-0.15, -0.1) is 5.10 Å². The highest BCUT2D eigenvalue weighted by Gasteiger charge is 2.41. The van der Waals surface area contributed by atoms with Crippen LogP contribution in [0.15, 0.2) is 6.20 Å². The van der Waals surface area contributed by atoms with Gasteiger partial charge in [0.15, 0.2) is 0 Å². The molecule has 0 aliphatic heterocycles. The fourth-order valence-electron chi connectivity index (χ4n) is 3.04. The normalized spacial score (nSPS) is 29.4. The van der Waals surface area contributed by atoms with Crippen molar-refractivity contribution in [3.63, 3.8) is 0 Å². The summed E-state index contributed by atoms with van der Waals surface area (Å²) in [5.41, 5.74) is 3.70. The van der Waals surface area contributed by atoms with Crippen molar-refractivity contribution in [1.82, 2.24) is 20.4 Å². The first kappa shape index (κ1) is 14.4. The van der Waals surface area contributed by atoms with E-state index in [9.17, 15) is 0 Å². The first-order chi connectivity index (χ1) is 9.09. The van der Waals surface area contributed by atoms with Gasteiger partial charge in [-0.25, -0.2) is 0 Å². The minimum atomic E-state index is -0.182.